The molecule has 0 aliphatic carbocycles. The fourth-order valence-corrected chi connectivity index (χ4v) is 6.71. The first-order chi connectivity index (χ1) is 19.1. The molecule has 2 saturated heterocycles. The van der Waals surface area contributed by atoms with Gasteiger partial charge >= 0.3 is 6.61 Å². The van der Waals surface area contributed by atoms with Gasteiger partial charge in [-0.05, 0) is 71.9 Å². The maximum absolute atomic E-state index is 14.7. The van der Waals surface area contributed by atoms with E-state index >= 15 is 0 Å². The van der Waals surface area contributed by atoms with Crippen LogP contribution >= 0.6 is 0 Å². The minimum atomic E-state index is -3.33. The summed E-state index contributed by atoms with van der Waals surface area (Å²) in [5, 5.41) is 9.71. The summed E-state index contributed by atoms with van der Waals surface area (Å²) in [5.74, 6) is -0.585. The van der Waals surface area contributed by atoms with Crippen LogP contribution in [0.4, 0.5) is 30.6 Å². The van der Waals surface area contributed by atoms with E-state index in [0.717, 1.165) is 25.3 Å². The lowest BCUT2D eigenvalue weighted by atomic mass is 9.79. The van der Waals surface area contributed by atoms with E-state index in [1.54, 1.807) is 6.07 Å². The first kappa shape index (κ1) is 31.1. The van der Waals surface area contributed by atoms with E-state index in [1.807, 2.05) is 0 Å². The molecular formula is C27H39F3N6O4S. The smallest absolute Gasteiger partial charge is 0.387 e. The van der Waals surface area contributed by atoms with Crippen molar-refractivity contribution in [3.63, 3.8) is 0 Å². The SMILES string of the molecule is CC1(C)CC(Nc2nc(Nc3ccc(OC4CCCN(S(C)(=O)=O)CC4)c(OC(F)F)c3)ncc2F)CC(C)(C)N1. The average molecular weight is 601 g/mol. The molecule has 0 bridgehead atoms. The summed E-state index contributed by atoms with van der Waals surface area (Å²) in [5.41, 5.74) is 0.0242. The Morgan fingerprint density at radius 2 is 1.80 bits per heavy atom. The summed E-state index contributed by atoms with van der Waals surface area (Å²) in [4.78, 5) is 8.30. The maximum Gasteiger partial charge on any atom is 0.387 e. The molecule has 0 amide bonds. The zero-order valence-corrected chi connectivity index (χ0v) is 24.8. The van der Waals surface area contributed by atoms with Crippen molar-refractivity contribution < 1.29 is 31.1 Å². The molecule has 2 aliphatic rings. The summed E-state index contributed by atoms with van der Waals surface area (Å²) >= 11 is 0. The molecule has 2 aliphatic heterocycles. The van der Waals surface area contributed by atoms with Crippen molar-refractivity contribution in [3.05, 3.63) is 30.2 Å². The largest absolute Gasteiger partial charge is 0.486 e. The predicted octanol–water partition coefficient (Wildman–Crippen LogP) is 4.87. The van der Waals surface area contributed by atoms with E-state index in [-0.39, 0.29) is 53.0 Å². The standard InChI is InChI=1S/C27H39F3N6O4S/c1-26(2)14-18(15-27(3,4)35-26)32-23-20(28)16-31-25(34-23)33-17-8-9-21(22(13-17)40-24(29)30)39-19-7-6-11-36(12-10-19)41(5,37)38/h8-9,13,16,18-19,24,35H,6-7,10-12,14-15H2,1-5H3,(H2,31,32,33,34). The molecule has 3 N–H and O–H groups in total. The normalized spacial score (nSPS) is 21.7. The van der Waals surface area contributed by atoms with Gasteiger partial charge in [0.2, 0.25) is 16.0 Å². The number of rotatable bonds is 9. The summed E-state index contributed by atoms with van der Waals surface area (Å²) in [6, 6.07) is 4.37. The van der Waals surface area contributed by atoms with Gasteiger partial charge in [-0.2, -0.15) is 13.8 Å². The van der Waals surface area contributed by atoms with Crippen LogP contribution in [0.15, 0.2) is 24.4 Å². The number of hydrogen-bond acceptors (Lipinski definition) is 9. The fraction of sp³-hybridized carbons (Fsp3) is 0.630. The van der Waals surface area contributed by atoms with Crippen molar-refractivity contribution in [3.8, 4) is 11.5 Å². The van der Waals surface area contributed by atoms with Crippen molar-refractivity contribution in [1.29, 1.82) is 0 Å². The number of alkyl halides is 2. The molecule has 2 fully saturated rings. The minimum Gasteiger partial charge on any atom is -0.486 e. The third kappa shape index (κ3) is 8.82. The molecule has 1 unspecified atom stereocenters. The lowest BCUT2D eigenvalue weighted by molar-refractivity contribution is -0.0521. The van der Waals surface area contributed by atoms with Gasteiger partial charge in [-0.15, -0.1) is 0 Å². The number of halogens is 3. The zero-order chi connectivity index (χ0) is 30.0. The van der Waals surface area contributed by atoms with Gasteiger partial charge in [-0.3, -0.25) is 0 Å². The Bertz CT molecular complexity index is 1310. The number of hydrogen-bond donors (Lipinski definition) is 3. The van der Waals surface area contributed by atoms with Crippen LogP contribution in [0.1, 0.15) is 59.8 Å². The van der Waals surface area contributed by atoms with E-state index in [4.69, 9.17) is 9.47 Å². The van der Waals surface area contributed by atoms with E-state index in [2.05, 4.69) is 53.6 Å². The van der Waals surface area contributed by atoms with Crippen LogP contribution in [-0.2, 0) is 10.0 Å². The highest BCUT2D eigenvalue weighted by Crippen LogP contribution is 2.35. The molecule has 41 heavy (non-hydrogen) atoms. The highest BCUT2D eigenvalue weighted by atomic mass is 32.2. The van der Waals surface area contributed by atoms with Crippen LogP contribution in [0.2, 0.25) is 0 Å². The molecule has 1 atom stereocenters. The summed E-state index contributed by atoms with van der Waals surface area (Å²) in [6.07, 6.45) is 4.89. The highest BCUT2D eigenvalue weighted by Gasteiger charge is 2.38. The first-order valence-electron chi connectivity index (χ1n) is 13.6. The number of aromatic nitrogens is 2. The Labute approximate surface area is 239 Å². The Morgan fingerprint density at radius 3 is 2.46 bits per heavy atom. The summed E-state index contributed by atoms with van der Waals surface area (Å²) in [7, 11) is -3.33. The Kier molecular flexibility index (Phi) is 9.24. The van der Waals surface area contributed by atoms with Gasteiger partial charge in [-0.1, -0.05) is 0 Å². The molecule has 0 radical (unpaired) electrons. The van der Waals surface area contributed by atoms with Crippen LogP contribution in [0.3, 0.4) is 0 Å². The minimum absolute atomic E-state index is 0.0329. The van der Waals surface area contributed by atoms with E-state index in [9.17, 15) is 21.6 Å². The molecule has 228 valence electrons. The number of nitrogens with one attached hydrogen (secondary N) is 3. The summed E-state index contributed by atoms with van der Waals surface area (Å²) < 4.78 is 77.1. The van der Waals surface area contributed by atoms with Crippen molar-refractivity contribution in [2.45, 2.75) is 89.6 Å². The van der Waals surface area contributed by atoms with Crippen molar-refractivity contribution in [2.75, 3.05) is 30.0 Å². The maximum atomic E-state index is 14.7. The van der Waals surface area contributed by atoms with Crippen LogP contribution in [0.25, 0.3) is 0 Å². The van der Waals surface area contributed by atoms with Gasteiger partial charge in [0.1, 0.15) is 6.10 Å². The topological polar surface area (TPSA) is 118 Å². The Hall–Kier alpha value is -2.84. The van der Waals surface area contributed by atoms with E-state index in [1.165, 1.54) is 16.4 Å². The predicted molar refractivity (Wildman–Crippen MR) is 151 cm³/mol. The number of nitrogens with zero attached hydrogens (tertiary/aromatic N) is 3. The second-order valence-corrected chi connectivity index (χ2v) is 14.0. The van der Waals surface area contributed by atoms with Crippen LogP contribution in [0, 0.1) is 5.82 Å². The number of benzene rings is 1. The lowest BCUT2D eigenvalue weighted by Gasteiger charge is -2.46. The molecule has 1 aromatic heterocycles. The quantitative estimate of drug-likeness (QED) is 0.370. The summed E-state index contributed by atoms with van der Waals surface area (Å²) in [6.45, 7) is 5.94. The molecule has 0 saturated carbocycles. The zero-order valence-electron chi connectivity index (χ0n) is 24.0. The number of anilines is 3. The van der Waals surface area contributed by atoms with Crippen molar-refractivity contribution >= 4 is 27.5 Å². The molecule has 10 nitrogen and oxygen atoms in total. The first-order valence-corrected chi connectivity index (χ1v) is 15.5. The molecule has 1 aromatic carbocycles. The van der Waals surface area contributed by atoms with Gasteiger partial charge in [0.25, 0.3) is 0 Å². The molecule has 0 spiro atoms. The van der Waals surface area contributed by atoms with E-state index < -0.39 is 22.5 Å². The third-order valence-electron chi connectivity index (χ3n) is 7.09. The highest BCUT2D eigenvalue weighted by molar-refractivity contribution is 7.88. The van der Waals surface area contributed by atoms with E-state index in [0.29, 0.717) is 31.5 Å². The van der Waals surface area contributed by atoms with Gasteiger partial charge in [-0.25, -0.2) is 22.1 Å². The third-order valence-corrected chi connectivity index (χ3v) is 8.39. The number of sulfonamides is 1. The monoisotopic (exact) mass is 600 g/mol. The average Bonchev–Trinajstić information content (AvgIpc) is 3.06. The van der Waals surface area contributed by atoms with Gasteiger partial charge in [0.05, 0.1) is 12.5 Å². The number of ether oxygens (including phenoxy) is 2. The van der Waals surface area contributed by atoms with Crippen LogP contribution < -0.4 is 25.4 Å². The molecule has 2 aromatic rings. The number of piperidine rings is 1. The van der Waals surface area contributed by atoms with Crippen molar-refractivity contribution in [1.82, 2.24) is 19.6 Å². The lowest BCUT2D eigenvalue weighted by Crippen LogP contribution is -2.60. The Morgan fingerprint density at radius 1 is 1.10 bits per heavy atom. The van der Waals surface area contributed by atoms with Crippen molar-refractivity contribution in [2.24, 2.45) is 0 Å². The second-order valence-electron chi connectivity index (χ2n) is 12.0. The molecule has 3 heterocycles. The van der Waals surface area contributed by atoms with Crippen LogP contribution in [-0.4, -0.2) is 71.9 Å². The molecular weight excluding hydrogens is 561 g/mol. The molecule has 4 rings (SSSR count). The fourth-order valence-electron chi connectivity index (χ4n) is 5.82. The van der Waals surface area contributed by atoms with Gasteiger partial charge < -0.3 is 25.4 Å². The molecule has 14 heteroatoms. The van der Waals surface area contributed by atoms with Gasteiger partial charge in [0.15, 0.2) is 23.1 Å². The van der Waals surface area contributed by atoms with Gasteiger partial charge in [0, 0.05) is 42.0 Å². The Balaban J connectivity index is 1.48. The second kappa shape index (κ2) is 12.2. The van der Waals surface area contributed by atoms with Crippen LogP contribution in [0.5, 0.6) is 11.5 Å².